The van der Waals surface area contributed by atoms with Gasteiger partial charge in [-0.15, -0.1) is 23.5 Å². The van der Waals surface area contributed by atoms with Crippen molar-refractivity contribution in [3.05, 3.63) is 88.2 Å². The molecule has 1 aliphatic heterocycles. The number of nitrogens with one attached hydrogen (secondary N) is 1. The van der Waals surface area contributed by atoms with Crippen molar-refractivity contribution in [3.8, 4) is 17.2 Å². The largest absolute Gasteiger partial charge is 0.490 e. The number of ether oxygens (including phenoxy) is 3. The van der Waals surface area contributed by atoms with Crippen molar-refractivity contribution in [1.82, 2.24) is 5.43 Å². The van der Waals surface area contributed by atoms with Crippen molar-refractivity contribution < 1.29 is 23.4 Å². The van der Waals surface area contributed by atoms with Crippen LogP contribution in [0.15, 0.2) is 65.8 Å². The van der Waals surface area contributed by atoms with Crippen molar-refractivity contribution in [3.63, 3.8) is 0 Å². The van der Waals surface area contributed by atoms with Crippen molar-refractivity contribution in [2.24, 2.45) is 5.10 Å². The Balaban J connectivity index is 1.30. The van der Waals surface area contributed by atoms with Gasteiger partial charge in [0.1, 0.15) is 18.2 Å². The van der Waals surface area contributed by atoms with Gasteiger partial charge in [-0.3, -0.25) is 4.79 Å². The van der Waals surface area contributed by atoms with E-state index in [1.165, 1.54) is 35.4 Å². The zero-order valence-electron chi connectivity index (χ0n) is 20.1. The average molecular weight is 561 g/mol. The highest BCUT2D eigenvalue weighted by atomic mass is 35.5. The standard InChI is InChI=1S/C27H26ClFN2O4S2/c1-2-33-24-14-19(13-23(28)26(24)35-16-18-4-3-5-21(29)12-18)15-30-31-25(32)17-34-22-8-6-20(7-9-22)27-36-10-11-37-27/h3-9,12-15,27H,2,10-11,16-17H2,1H3,(H,31,32)/b30-15-. The lowest BCUT2D eigenvalue weighted by molar-refractivity contribution is -0.123. The van der Waals surface area contributed by atoms with E-state index < -0.39 is 5.91 Å². The minimum absolute atomic E-state index is 0.127. The molecule has 3 aromatic carbocycles. The molecule has 0 atom stereocenters. The molecule has 194 valence electrons. The molecule has 1 saturated heterocycles. The van der Waals surface area contributed by atoms with Crippen LogP contribution in [0.2, 0.25) is 5.02 Å². The number of hydrogen-bond acceptors (Lipinski definition) is 7. The molecule has 0 aliphatic carbocycles. The zero-order valence-corrected chi connectivity index (χ0v) is 22.5. The third kappa shape index (κ3) is 8.05. The number of benzene rings is 3. The number of thioether (sulfide) groups is 2. The van der Waals surface area contributed by atoms with Crippen LogP contribution < -0.4 is 19.6 Å². The fraction of sp³-hybridized carbons (Fsp3) is 0.259. The summed E-state index contributed by atoms with van der Waals surface area (Å²) in [5.41, 5.74) is 4.96. The van der Waals surface area contributed by atoms with Gasteiger partial charge in [-0.25, -0.2) is 9.82 Å². The number of carbonyl (C=O) groups excluding carboxylic acids is 1. The highest BCUT2D eigenvalue weighted by Crippen LogP contribution is 2.45. The first-order valence-electron chi connectivity index (χ1n) is 11.6. The van der Waals surface area contributed by atoms with Crippen LogP contribution >= 0.6 is 35.1 Å². The molecule has 1 fully saturated rings. The second kappa shape index (κ2) is 13.6. The molecule has 0 radical (unpaired) electrons. The van der Waals surface area contributed by atoms with E-state index in [4.69, 9.17) is 25.8 Å². The lowest BCUT2D eigenvalue weighted by Crippen LogP contribution is -2.24. The Bertz CT molecular complexity index is 1240. The van der Waals surface area contributed by atoms with Crippen LogP contribution in [0.5, 0.6) is 17.2 Å². The zero-order chi connectivity index (χ0) is 26.0. The summed E-state index contributed by atoms with van der Waals surface area (Å²) in [6.07, 6.45) is 1.45. The minimum atomic E-state index is -0.395. The number of nitrogens with zero attached hydrogens (tertiary/aromatic N) is 1. The Kier molecular flexibility index (Phi) is 9.99. The summed E-state index contributed by atoms with van der Waals surface area (Å²) in [7, 11) is 0. The molecule has 1 heterocycles. The van der Waals surface area contributed by atoms with Gasteiger partial charge in [0.05, 0.1) is 22.4 Å². The van der Waals surface area contributed by atoms with Gasteiger partial charge in [0.25, 0.3) is 5.91 Å². The molecule has 0 spiro atoms. The molecule has 10 heteroatoms. The maximum Gasteiger partial charge on any atom is 0.277 e. The summed E-state index contributed by atoms with van der Waals surface area (Å²) in [4.78, 5) is 12.2. The second-order valence-electron chi connectivity index (χ2n) is 7.91. The van der Waals surface area contributed by atoms with Crippen LogP contribution in [0.4, 0.5) is 4.39 Å². The van der Waals surface area contributed by atoms with Gasteiger partial charge in [-0.1, -0.05) is 35.9 Å². The van der Waals surface area contributed by atoms with Gasteiger partial charge in [-0.2, -0.15) is 5.10 Å². The number of rotatable bonds is 11. The minimum Gasteiger partial charge on any atom is -0.490 e. The number of carbonyl (C=O) groups is 1. The first kappa shape index (κ1) is 27.2. The average Bonchev–Trinajstić information content (AvgIpc) is 3.43. The maximum absolute atomic E-state index is 13.4. The van der Waals surface area contributed by atoms with Crippen molar-refractivity contribution >= 4 is 47.2 Å². The Morgan fingerprint density at radius 2 is 1.89 bits per heavy atom. The first-order valence-corrected chi connectivity index (χ1v) is 14.1. The van der Waals surface area contributed by atoms with Crippen LogP contribution in [0, 0.1) is 5.82 Å². The number of amides is 1. The monoisotopic (exact) mass is 560 g/mol. The Hall–Kier alpha value is -2.88. The van der Waals surface area contributed by atoms with Crippen molar-refractivity contribution in [2.75, 3.05) is 24.7 Å². The molecule has 1 N–H and O–H groups in total. The quantitative estimate of drug-likeness (QED) is 0.214. The fourth-order valence-corrected chi connectivity index (χ4v) is 6.61. The van der Waals surface area contributed by atoms with Gasteiger partial charge < -0.3 is 14.2 Å². The van der Waals surface area contributed by atoms with Gasteiger partial charge in [0, 0.05) is 11.5 Å². The number of hydrogen-bond donors (Lipinski definition) is 1. The summed E-state index contributed by atoms with van der Waals surface area (Å²) in [5, 5.41) is 4.29. The van der Waals surface area contributed by atoms with E-state index in [9.17, 15) is 9.18 Å². The maximum atomic E-state index is 13.4. The predicted molar refractivity (Wildman–Crippen MR) is 149 cm³/mol. The summed E-state index contributed by atoms with van der Waals surface area (Å²) in [5.74, 6) is 2.99. The summed E-state index contributed by atoms with van der Waals surface area (Å²) < 4.78 is 31.0. The topological polar surface area (TPSA) is 69.2 Å². The van der Waals surface area contributed by atoms with E-state index in [0.29, 0.717) is 44.6 Å². The molecule has 4 rings (SSSR count). The van der Waals surface area contributed by atoms with Gasteiger partial charge in [0.15, 0.2) is 18.1 Å². The van der Waals surface area contributed by atoms with Crippen molar-refractivity contribution in [1.29, 1.82) is 0 Å². The van der Waals surface area contributed by atoms with Gasteiger partial charge >= 0.3 is 0 Å². The van der Waals surface area contributed by atoms with E-state index in [2.05, 4.69) is 10.5 Å². The van der Waals surface area contributed by atoms with E-state index in [1.54, 1.807) is 24.3 Å². The summed E-state index contributed by atoms with van der Waals surface area (Å²) in [6.45, 7) is 2.19. The molecule has 3 aromatic rings. The van der Waals surface area contributed by atoms with Crippen LogP contribution in [-0.4, -0.2) is 36.8 Å². The van der Waals surface area contributed by atoms with Crippen LogP contribution in [-0.2, 0) is 11.4 Å². The fourth-order valence-electron chi connectivity index (χ4n) is 3.48. The lowest BCUT2D eigenvalue weighted by Gasteiger charge is -2.14. The van der Waals surface area contributed by atoms with Gasteiger partial charge in [0.2, 0.25) is 0 Å². The SMILES string of the molecule is CCOc1cc(/C=N\NC(=O)COc2ccc(C3SCCS3)cc2)cc(Cl)c1OCc1cccc(F)c1. The normalized spacial score (nSPS) is 13.6. The van der Waals surface area contributed by atoms with E-state index in [0.717, 1.165) is 0 Å². The first-order chi connectivity index (χ1) is 18.0. The Morgan fingerprint density at radius 1 is 1.11 bits per heavy atom. The van der Waals surface area contributed by atoms with Crippen molar-refractivity contribution in [2.45, 2.75) is 18.1 Å². The molecule has 0 aromatic heterocycles. The summed E-state index contributed by atoms with van der Waals surface area (Å²) in [6, 6.07) is 17.3. The molecule has 37 heavy (non-hydrogen) atoms. The predicted octanol–water partition coefficient (Wildman–Crippen LogP) is 6.46. The van der Waals surface area contributed by atoms with Crippen LogP contribution in [0.3, 0.4) is 0 Å². The molecule has 0 unspecified atom stereocenters. The molecule has 1 aliphatic rings. The number of halogens is 2. The molecule has 6 nitrogen and oxygen atoms in total. The van der Waals surface area contributed by atoms with E-state index in [-0.39, 0.29) is 19.0 Å². The molecular formula is C27H26ClFN2O4S2. The third-order valence-electron chi connectivity index (χ3n) is 5.15. The lowest BCUT2D eigenvalue weighted by atomic mass is 10.2. The molecule has 1 amide bonds. The van der Waals surface area contributed by atoms with Crippen LogP contribution in [0.1, 0.15) is 28.2 Å². The Morgan fingerprint density at radius 3 is 2.62 bits per heavy atom. The Labute approximate surface area is 228 Å². The molecule has 0 bridgehead atoms. The molecule has 0 saturated carbocycles. The van der Waals surface area contributed by atoms with E-state index >= 15 is 0 Å². The highest BCUT2D eigenvalue weighted by molar-refractivity contribution is 8.19. The smallest absolute Gasteiger partial charge is 0.277 e. The van der Waals surface area contributed by atoms with Crippen LogP contribution in [0.25, 0.3) is 0 Å². The second-order valence-corrected chi connectivity index (χ2v) is 11.0. The summed E-state index contributed by atoms with van der Waals surface area (Å²) >= 11 is 10.3. The molecular weight excluding hydrogens is 535 g/mol. The third-order valence-corrected chi connectivity index (χ3v) is 8.54. The van der Waals surface area contributed by atoms with E-state index in [1.807, 2.05) is 54.7 Å². The highest BCUT2D eigenvalue weighted by Gasteiger charge is 2.18. The van der Waals surface area contributed by atoms with Gasteiger partial charge in [-0.05, 0) is 60.0 Å². The number of hydrazone groups is 1.